The molecule has 1 heterocycles. The predicted molar refractivity (Wildman–Crippen MR) is 82.9 cm³/mol. The molecule has 1 aromatic rings. The van der Waals surface area contributed by atoms with Crippen molar-refractivity contribution in [3.63, 3.8) is 0 Å². The van der Waals surface area contributed by atoms with Crippen molar-refractivity contribution in [3.05, 3.63) is 29.8 Å². The molecule has 1 aliphatic rings. The molecular formula is C15H24N2S. The van der Waals surface area contributed by atoms with Crippen molar-refractivity contribution < 1.29 is 0 Å². The van der Waals surface area contributed by atoms with Crippen LogP contribution < -0.4 is 4.90 Å². The van der Waals surface area contributed by atoms with Crippen LogP contribution in [0.1, 0.15) is 12.0 Å². The van der Waals surface area contributed by atoms with E-state index < -0.39 is 0 Å². The van der Waals surface area contributed by atoms with Gasteiger partial charge in [-0.2, -0.15) is 11.8 Å². The summed E-state index contributed by atoms with van der Waals surface area (Å²) in [5, 5.41) is 0. The molecule has 1 aromatic carbocycles. The standard InChI is InChI=1S/C15H24N2S/c1-16(2)9-3-4-14-5-7-15(8-6-14)17-10-12-18-13-11-17/h5-8H,3-4,9-13H2,1-2H3. The van der Waals surface area contributed by atoms with Crippen LogP contribution in [0, 0.1) is 0 Å². The first-order chi connectivity index (χ1) is 8.75. The second kappa shape index (κ2) is 7.05. The first kappa shape index (κ1) is 13.8. The van der Waals surface area contributed by atoms with Crippen molar-refractivity contribution in [2.45, 2.75) is 12.8 Å². The Hall–Kier alpha value is -0.670. The Balaban J connectivity index is 1.84. The zero-order valence-electron chi connectivity index (χ0n) is 11.6. The summed E-state index contributed by atoms with van der Waals surface area (Å²) in [5.41, 5.74) is 2.86. The van der Waals surface area contributed by atoms with Gasteiger partial charge in [0.05, 0.1) is 0 Å². The van der Waals surface area contributed by atoms with Gasteiger partial charge in [-0.05, 0) is 51.2 Å². The van der Waals surface area contributed by atoms with E-state index in [0.717, 1.165) is 0 Å². The first-order valence-electron chi connectivity index (χ1n) is 6.82. The summed E-state index contributed by atoms with van der Waals surface area (Å²) in [6.07, 6.45) is 2.43. The minimum Gasteiger partial charge on any atom is -0.370 e. The normalized spacial score (nSPS) is 16.3. The molecule has 1 saturated heterocycles. The van der Waals surface area contributed by atoms with Crippen LogP contribution in [-0.2, 0) is 6.42 Å². The van der Waals surface area contributed by atoms with Gasteiger partial charge in [0.2, 0.25) is 0 Å². The van der Waals surface area contributed by atoms with E-state index in [9.17, 15) is 0 Å². The highest BCUT2D eigenvalue weighted by Crippen LogP contribution is 2.20. The monoisotopic (exact) mass is 264 g/mol. The van der Waals surface area contributed by atoms with Crippen molar-refractivity contribution in [2.24, 2.45) is 0 Å². The van der Waals surface area contributed by atoms with E-state index in [2.05, 4.69) is 59.9 Å². The van der Waals surface area contributed by atoms with E-state index in [1.165, 1.54) is 55.2 Å². The average Bonchev–Trinajstić information content (AvgIpc) is 2.40. The SMILES string of the molecule is CN(C)CCCc1ccc(N2CCSCC2)cc1. The largest absolute Gasteiger partial charge is 0.370 e. The maximum absolute atomic E-state index is 2.50. The smallest absolute Gasteiger partial charge is 0.0366 e. The van der Waals surface area contributed by atoms with E-state index in [1.54, 1.807) is 0 Å². The Labute approximate surface area is 115 Å². The number of hydrogen-bond donors (Lipinski definition) is 0. The predicted octanol–water partition coefficient (Wildman–Crippen LogP) is 2.73. The van der Waals surface area contributed by atoms with Gasteiger partial charge in [0.15, 0.2) is 0 Å². The molecule has 100 valence electrons. The number of benzene rings is 1. The van der Waals surface area contributed by atoms with Gasteiger partial charge >= 0.3 is 0 Å². The molecular weight excluding hydrogens is 240 g/mol. The summed E-state index contributed by atoms with van der Waals surface area (Å²) in [7, 11) is 4.27. The molecule has 0 radical (unpaired) electrons. The van der Waals surface area contributed by atoms with Gasteiger partial charge in [0, 0.05) is 30.3 Å². The third kappa shape index (κ3) is 4.21. The summed E-state index contributed by atoms with van der Waals surface area (Å²) in [4.78, 5) is 4.75. The van der Waals surface area contributed by atoms with Gasteiger partial charge in [-0.3, -0.25) is 0 Å². The topological polar surface area (TPSA) is 6.48 Å². The molecule has 1 fully saturated rings. The maximum atomic E-state index is 2.50. The van der Waals surface area contributed by atoms with Crippen LogP contribution in [0.25, 0.3) is 0 Å². The van der Waals surface area contributed by atoms with Gasteiger partial charge in [0.25, 0.3) is 0 Å². The molecule has 0 aromatic heterocycles. The Morgan fingerprint density at radius 1 is 1.11 bits per heavy atom. The molecule has 0 bridgehead atoms. The Kier molecular flexibility index (Phi) is 5.39. The molecule has 0 N–H and O–H groups in total. The maximum Gasteiger partial charge on any atom is 0.0366 e. The number of nitrogens with zero attached hydrogens (tertiary/aromatic N) is 2. The lowest BCUT2D eigenvalue weighted by atomic mass is 10.1. The van der Waals surface area contributed by atoms with E-state index in [4.69, 9.17) is 0 Å². The van der Waals surface area contributed by atoms with E-state index in [1.807, 2.05) is 0 Å². The van der Waals surface area contributed by atoms with Gasteiger partial charge < -0.3 is 9.80 Å². The number of aryl methyl sites for hydroxylation is 1. The average molecular weight is 264 g/mol. The van der Waals surface area contributed by atoms with Crippen LogP contribution in [0.5, 0.6) is 0 Å². The minimum atomic E-state index is 1.17. The third-order valence-corrected chi connectivity index (χ3v) is 4.33. The second-order valence-electron chi connectivity index (χ2n) is 5.17. The van der Waals surface area contributed by atoms with Gasteiger partial charge in [0.1, 0.15) is 0 Å². The van der Waals surface area contributed by atoms with Crippen molar-refractivity contribution in [1.82, 2.24) is 4.90 Å². The molecule has 0 unspecified atom stereocenters. The highest BCUT2D eigenvalue weighted by atomic mass is 32.2. The quantitative estimate of drug-likeness (QED) is 0.807. The van der Waals surface area contributed by atoms with Crippen molar-refractivity contribution in [1.29, 1.82) is 0 Å². The number of hydrogen-bond acceptors (Lipinski definition) is 3. The molecule has 0 spiro atoms. The molecule has 2 nitrogen and oxygen atoms in total. The van der Waals surface area contributed by atoms with Gasteiger partial charge in [-0.25, -0.2) is 0 Å². The number of rotatable bonds is 5. The summed E-state index contributed by atoms with van der Waals surface area (Å²) < 4.78 is 0. The molecule has 0 atom stereocenters. The lowest BCUT2D eigenvalue weighted by Crippen LogP contribution is -2.32. The van der Waals surface area contributed by atoms with Crippen molar-refractivity contribution in [2.75, 3.05) is 50.1 Å². The third-order valence-electron chi connectivity index (χ3n) is 3.38. The fourth-order valence-electron chi connectivity index (χ4n) is 2.29. The fraction of sp³-hybridized carbons (Fsp3) is 0.600. The Bertz CT molecular complexity index is 342. The van der Waals surface area contributed by atoms with Crippen molar-refractivity contribution in [3.8, 4) is 0 Å². The Morgan fingerprint density at radius 2 is 1.78 bits per heavy atom. The van der Waals surface area contributed by atoms with E-state index >= 15 is 0 Å². The molecule has 0 saturated carbocycles. The van der Waals surface area contributed by atoms with Crippen LogP contribution in [0.15, 0.2) is 24.3 Å². The van der Waals surface area contributed by atoms with Crippen LogP contribution in [-0.4, -0.2) is 50.1 Å². The minimum absolute atomic E-state index is 1.17. The van der Waals surface area contributed by atoms with Gasteiger partial charge in [-0.15, -0.1) is 0 Å². The van der Waals surface area contributed by atoms with Crippen LogP contribution >= 0.6 is 11.8 Å². The zero-order chi connectivity index (χ0) is 12.8. The molecule has 2 rings (SSSR count). The second-order valence-corrected chi connectivity index (χ2v) is 6.40. The molecule has 0 aliphatic carbocycles. The number of thioether (sulfide) groups is 1. The highest BCUT2D eigenvalue weighted by Gasteiger charge is 2.10. The zero-order valence-corrected chi connectivity index (χ0v) is 12.4. The van der Waals surface area contributed by atoms with Crippen molar-refractivity contribution >= 4 is 17.4 Å². The molecule has 3 heteroatoms. The van der Waals surface area contributed by atoms with E-state index in [0.29, 0.717) is 0 Å². The molecule has 18 heavy (non-hydrogen) atoms. The highest BCUT2D eigenvalue weighted by molar-refractivity contribution is 7.99. The lowest BCUT2D eigenvalue weighted by molar-refractivity contribution is 0.400. The summed E-state index contributed by atoms with van der Waals surface area (Å²) in [6, 6.07) is 9.18. The molecule has 1 aliphatic heterocycles. The molecule has 0 amide bonds. The summed E-state index contributed by atoms with van der Waals surface area (Å²) in [6.45, 7) is 3.57. The van der Waals surface area contributed by atoms with E-state index in [-0.39, 0.29) is 0 Å². The summed E-state index contributed by atoms with van der Waals surface area (Å²) >= 11 is 2.06. The Morgan fingerprint density at radius 3 is 2.39 bits per heavy atom. The first-order valence-corrected chi connectivity index (χ1v) is 7.97. The van der Waals surface area contributed by atoms with Crippen LogP contribution in [0.2, 0.25) is 0 Å². The van der Waals surface area contributed by atoms with Gasteiger partial charge in [-0.1, -0.05) is 12.1 Å². The fourth-order valence-corrected chi connectivity index (χ4v) is 3.20. The summed E-state index contributed by atoms with van der Waals surface area (Å²) in [5.74, 6) is 2.54. The lowest BCUT2D eigenvalue weighted by Gasteiger charge is -2.28. The number of anilines is 1. The van der Waals surface area contributed by atoms with Crippen LogP contribution in [0.4, 0.5) is 5.69 Å². The van der Waals surface area contributed by atoms with Crippen LogP contribution in [0.3, 0.4) is 0 Å².